The first-order chi connectivity index (χ1) is 13.3. The minimum atomic E-state index is -0.621. The van der Waals surface area contributed by atoms with Crippen LogP contribution in [0.2, 0.25) is 5.02 Å². The predicted octanol–water partition coefficient (Wildman–Crippen LogP) is 4.30. The second-order valence-corrected chi connectivity index (χ2v) is 7.88. The van der Waals surface area contributed by atoms with Crippen LogP contribution in [0.3, 0.4) is 0 Å². The minimum absolute atomic E-state index is 0.0713. The van der Waals surface area contributed by atoms with Crippen molar-refractivity contribution in [3.8, 4) is 0 Å². The van der Waals surface area contributed by atoms with Gasteiger partial charge in [0.25, 0.3) is 5.91 Å². The molecule has 8 heteroatoms. The van der Waals surface area contributed by atoms with Crippen molar-refractivity contribution in [3.63, 3.8) is 0 Å². The van der Waals surface area contributed by atoms with E-state index in [-0.39, 0.29) is 23.7 Å². The van der Waals surface area contributed by atoms with Gasteiger partial charge in [-0.25, -0.2) is 8.78 Å². The molecule has 1 aliphatic heterocycles. The summed E-state index contributed by atoms with van der Waals surface area (Å²) >= 11 is 9.05. The summed E-state index contributed by atoms with van der Waals surface area (Å²) in [6.07, 6.45) is 0.500. The van der Waals surface area contributed by atoms with Gasteiger partial charge in [0.15, 0.2) is 0 Å². The van der Waals surface area contributed by atoms with E-state index >= 15 is 0 Å². The number of carbonyl (C=O) groups excluding carboxylic acids is 2. The van der Waals surface area contributed by atoms with Crippen LogP contribution in [0.5, 0.6) is 0 Å². The molecule has 0 unspecified atom stereocenters. The molecule has 2 aromatic carbocycles. The normalized spacial score (nSPS) is 14.3. The molecule has 1 aliphatic rings. The number of nitrogens with zero attached hydrogens (tertiary/aromatic N) is 2. The van der Waals surface area contributed by atoms with Crippen LogP contribution in [0.15, 0.2) is 40.9 Å². The topological polar surface area (TPSA) is 40.6 Å². The molecular formula is C20H18BrClF2N2O2. The second-order valence-electron chi connectivity index (χ2n) is 6.53. The fourth-order valence-electron chi connectivity index (χ4n) is 3.11. The van der Waals surface area contributed by atoms with Crippen molar-refractivity contribution in [2.45, 2.75) is 12.8 Å². The molecule has 2 amide bonds. The number of piperazine rings is 1. The van der Waals surface area contributed by atoms with Crippen LogP contribution >= 0.6 is 27.5 Å². The number of hydrogen-bond donors (Lipinski definition) is 0. The van der Waals surface area contributed by atoms with Gasteiger partial charge in [0, 0.05) is 42.1 Å². The van der Waals surface area contributed by atoms with E-state index in [1.807, 2.05) is 0 Å². The number of hydrogen-bond acceptors (Lipinski definition) is 2. The highest BCUT2D eigenvalue weighted by molar-refractivity contribution is 9.10. The highest BCUT2D eigenvalue weighted by Gasteiger charge is 2.26. The average Bonchev–Trinajstić information content (AvgIpc) is 2.68. The Hall–Kier alpha value is -1.99. The molecule has 3 rings (SSSR count). The molecule has 4 nitrogen and oxygen atoms in total. The maximum atomic E-state index is 13.9. The lowest BCUT2D eigenvalue weighted by molar-refractivity contribution is -0.132. The summed E-state index contributed by atoms with van der Waals surface area (Å²) in [7, 11) is 0. The van der Waals surface area contributed by atoms with E-state index in [0.29, 0.717) is 47.7 Å². The van der Waals surface area contributed by atoms with E-state index < -0.39 is 11.7 Å². The molecule has 0 aliphatic carbocycles. The Morgan fingerprint density at radius 1 is 0.964 bits per heavy atom. The summed E-state index contributed by atoms with van der Waals surface area (Å²) in [5.41, 5.74) is 0.416. The molecule has 0 atom stereocenters. The Kier molecular flexibility index (Phi) is 6.67. The molecule has 0 aromatic heterocycles. The Morgan fingerprint density at radius 3 is 2.32 bits per heavy atom. The van der Waals surface area contributed by atoms with Gasteiger partial charge in [-0.05, 0) is 42.3 Å². The molecule has 0 N–H and O–H groups in total. The lowest BCUT2D eigenvalue weighted by Crippen LogP contribution is -2.50. The maximum absolute atomic E-state index is 13.9. The SMILES string of the molecule is O=C(CCc1ccc(Br)cc1F)N1CCN(C(=O)c2cc(Cl)ccc2F)CC1. The minimum Gasteiger partial charge on any atom is -0.339 e. The van der Waals surface area contributed by atoms with E-state index in [0.717, 1.165) is 6.07 Å². The summed E-state index contributed by atoms with van der Waals surface area (Å²) in [4.78, 5) is 28.1. The third-order valence-corrected chi connectivity index (χ3v) is 5.43. The Labute approximate surface area is 175 Å². The monoisotopic (exact) mass is 470 g/mol. The van der Waals surface area contributed by atoms with Crippen molar-refractivity contribution in [2.24, 2.45) is 0 Å². The molecule has 0 spiro atoms. The number of amides is 2. The first kappa shape index (κ1) is 20.7. The van der Waals surface area contributed by atoms with Gasteiger partial charge in [0.2, 0.25) is 5.91 Å². The summed E-state index contributed by atoms with van der Waals surface area (Å²) in [6.45, 7) is 1.33. The number of rotatable bonds is 4. The summed E-state index contributed by atoms with van der Waals surface area (Å²) in [6, 6.07) is 8.63. The predicted molar refractivity (Wildman–Crippen MR) is 106 cm³/mol. The van der Waals surface area contributed by atoms with Gasteiger partial charge in [-0.1, -0.05) is 33.6 Å². The van der Waals surface area contributed by atoms with Gasteiger partial charge in [0.05, 0.1) is 5.56 Å². The van der Waals surface area contributed by atoms with Crippen LogP contribution in [-0.4, -0.2) is 47.8 Å². The third-order valence-electron chi connectivity index (χ3n) is 4.70. The van der Waals surface area contributed by atoms with Crippen LogP contribution in [0.4, 0.5) is 8.78 Å². The average molecular weight is 472 g/mol. The van der Waals surface area contributed by atoms with Crippen LogP contribution in [0.1, 0.15) is 22.3 Å². The van der Waals surface area contributed by atoms with E-state index in [2.05, 4.69) is 15.9 Å². The first-order valence-electron chi connectivity index (χ1n) is 8.81. The molecule has 28 heavy (non-hydrogen) atoms. The number of aryl methyl sites for hydroxylation is 1. The van der Waals surface area contributed by atoms with Crippen LogP contribution in [-0.2, 0) is 11.2 Å². The summed E-state index contributed by atoms with van der Waals surface area (Å²) < 4.78 is 28.4. The molecular weight excluding hydrogens is 454 g/mol. The van der Waals surface area contributed by atoms with Gasteiger partial charge >= 0.3 is 0 Å². The molecule has 148 valence electrons. The van der Waals surface area contributed by atoms with Gasteiger partial charge in [-0.3, -0.25) is 9.59 Å². The standard InChI is InChI=1S/C20H18BrClF2N2O2/c21-14-3-1-13(18(24)11-14)2-6-19(27)25-7-9-26(10-8-25)20(28)16-12-15(22)4-5-17(16)23/h1,3-5,11-12H,2,6-10H2. The molecule has 1 heterocycles. The highest BCUT2D eigenvalue weighted by Crippen LogP contribution is 2.19. The molecule has 1 saturated heterocycles. The smallest absolute Gasteiger partial charge is 0.257 e. The van der Waals surface area contributed by atoms with E-state index in [1.54, 1.807) is 17.0 Å². The summed E-state index contributed by atoms with van der Waals surface area (Å²) in [5.74, 6) is -1.50. The Morgan fingerprint density at radius 2 is 1.64 bits per heavy atom. The van der Waals surface area contributed by atoms with Crippen molar-refractivity contribution < 1.29 is 18.4 Å². The molecule has 0 radical (unpaired) electrons. The Balaban J connectivity index is 1.53. The van der Waals surface area contributed by atoms with E-state index in [9.17, 15) is 18.4 Å². The number of carbonyl (C=O) groups is 2. The summed E-state index contributed by atoms with van der Waals surface area (Å²) in [5, 5.41) is 0.290. The van der Waals surface area contributed by atoms with Gasteiger partial charge < -0.3 is 9.80 Å². The van der Waals surface area contributed by atoms with Crippen molar-refractivity contribution in [3.05, 3.63) is 68.7 Å². The fraction of sp³-hybridized carbons (Fsp3) is 0.300. The van der Waals surface area contributed by atoms with Crippen LogP contribution in [0, 0.1) is 11.6 Å². The van der Waals surface area contributed by atoms with E-state index in [1.165, 1.54) is 23.1 Å². The van der Waals surface area contributed by atoms with Crippen molar-refractivity contribution in [1.29, 1.82) is 0 Å². The van der Waals surface area contributed by atoms with Crippen molar-refractivity contribution in [2.75, 3.05) is 26.2 Å². The maximum Gasteiger partial charge on any atom is 0.257 e. The van der Waals surface area contributed by atoms with Crippen molar-refractivity contribution >= 4 is 39.3 Å². The van der Waals surface area contributed by atoms with Gasteiger partial charge in [-0.2, -0.15) is 0 Å². The lowest BCUT2D eigenvalue weighted by atomic mass is 10.1. The van der Waals surface area contributed by atoms with Gasteiger partial charge in [-0.15, -0.1) is 0 Å². The number of halogens is 4. The second kappa shape index (κ2) is 9.01. The third kappa shape index (κ3) is 4.89. The van der Waals surface area contributed by atoms with Crippen LogP contribution in [0.25, 0.3) is 0 Å². The number of benzene rings is 2. The fourth-order valence-corrected chi connectivity index (χ4v) is 3.62. The first-order valence-corrected chi connectivity index (χ1v) is 9.98. The zero-order valence-corrected chi connectivity index (χ0v) is 17.3. The largest absolute Gasteiger partial charge is 0.339 e. The molecule has 0 bridgehead atoms. The quantitative estimate of drug-likeness (QED) is 0.667. The molecule has 0 saturated carbocycles. The molecule has 2 aromatic rings. The molecule has 1 fully saturated rings. The van der Waals surface area contributed by atoms with Crippen LogP contribution < -0.4 is 0 Å². The lowest BCUT2D eigenvalue weighted by Gasteiger charge is -2.35. The van der Waals surface area contributed by atoms with Crippen molar-refractivity contribution in [1.82, 2.24) is 9.80 Å². The Bertz CT molecular complexity index is 902. The van der Waals surface area contributed by atoms with Gasteiger partial charge in [0.1, 0.15) is 11.6 Å². The zero-order valence-electron chi connectivity index (χ0n) is 14.9. The zero-order chi connectivity index (χ0) is 20.3. The van der Waals surface area contributed by atoms with E-state index in [4.69, 9.17) is 11.6 Å². The highest BCUT2D eigenvalue weighted by atomic mass is 79.9.